The highest BCUT2D eigenvalue weighted by Gasteiger charge is 2.41. The van der Waals surface area contributed by atoms with Crippen LogP contribution in [-0.2, 0) is 14.9 Å². The summed E-state index contributed by atoms with van der Waals surface area (Å²) >= 11 is 0. The first kappa shape index (κ1) is 14.9. The van der Waals surface area contributed by atoms with Crippen molar-refractivity contribution in [2.24, 2.45) is 0 Å². The van der Waals surface area contributed by atoms with Crippen LogP contribution in [0.4, 0.5) is 5.69 Å². The highest BCUT2D eigenvalue weighted by molar-refractivity contribution is 6.00. The molecule has 0 atom stereocenters. The third-order valence-corrected chi connectivity index (χ3v) is 4.77. The molecule has 2 aromatic heterocycles. The van der Waals surface area contributed by atoms with Gasteiger partial charge in [0.05, 0.1) is 17.3 Å². The number of nitrogens with one attached hydrogen (secondary N) is 2. The van der Waals surface area contributed by atoms with Crippen molar-refractivity contribution in [3.63, 3.8) is 0 Å². The van der Waals surface area contributed by atoms with E-state index in [-0.39, 0.29) is 5.91 Å². The van der Waals surface area contributed by atoms with Gasteiger partial charge in [-0.3, -0.25) is 4.79 Å². The molecule has 0 spiro atoms. The molecule has 0 unspecified atom stereocenters. The summed E-state index contributed by atoms with van der Waals surface area (Å²) in [6, 6.07) is 13.9. The predicted octanol–water partition coefficient (Wildman–Crippen LogP) is 3.25. The molecule has 1 amide bonds. The van der Waals surface area contributed by atoms with E-state index >= 15 is 0 Å². The molecular formula is C19H19N3O2. The van der Waals surface area contributed by atoms with E-state index in [1.165, 1.54) is 0 Å². The van der Waals surface area contributed by atoms with E-state index < -0.39 is 5.41 Å². The van der Waals surface area contributed by atoms with Gasteiger partial charge in [-0.1, -0.05) is 30.3 Å². The molecule has 4 rings (SSSR count). The minimum atomic E-state index is -0.549. The van der Waals surface area contributed by atoms with Crippen molar-refractivity contribution in [2.45, 2.75) is 18.3 Å². The maximum absolute atomic E-state index is 13.2. The maximum atomic E-state index is 13.2. The Kier molecular flexibility index (Phi) is 3.78. The summed E-state index contributed by atoms with van der Waals surface area (Å²) < 4.78 is 5.50. The summed E-state index contributed by atoms with van der Waals surface area (Å²) in [5.41, 5.74) is 2.03. The van der Waals surface area contributed by atoms with Gasteiger partial charge in [0.25, 0.3) is 0 Å². The zero-order valence-corrected chi connectivity index (χ0v) is 13.3. The van der Waals surface area contributed by atoms with Gasteiger partial charge in [-0.15, -0.1) is 0 Å². The molecule has 5 nitrogen and oxygen atoms in total. The number of H-pyrrole nitrogens is 1. The van der Waals surface area contributed by atoms with Gasteiger partial charge in [0.2, 0.25) is 5.91 Å². The molecular weight excluding hydrogens is 302 g/mol. The lowest BCUT2D eigenvalue weighted by molar-refractivity contribution is -0.125. The Bertz CT molecular complexity index is 851. The van der Waals surface area contributed by atoms with Gasteiger partial charge in [0.15, 0.2) is 0 Å². The molecule has 2 N–H and O–H groups in total. The number of hydrogen-bond donors (Lipinski definition) is 2. The fourth-order valence-electron chi connectivity index (χ4n) is 3.38. The molecule has 1 aliphatic rings. The number of amides is 1. The third kappa shape index (κ3) is 2.57. The Morgan fingerprint density at radius 3 is 2.75 bits per heavy atom. The second kappa shape index (κ2) is 6.09. The second-order valence-electron chi connectivity index (χ2n) is 6.15. The summed E-state index contributed by atoms with van der Waals surface area (Å²) in [4.78, 5) is 20.6. The predicted molar refractivity (Wildman–Crippen MR) is 92.9 cm³/mol. The minimum absolute atomic E-state index is 0.00804. The average Bonchev–Trinajstić information content (AvgIpc) is 3.11. The van der Waals surface area contributed by atoms with Gasteiger partial charge < -0.3 is 15.0 Å². The first-order chi connectivity index (χ1) is 11.8. The van der Waals surface area contributed by atoms with Crippen LogP contribution in [0, 0.1) is 0 Å². The molecule has 1 saturated heterocycles. The van der Waals surface area contributed by atoms with Crippen molar-refractivity contribution < 1.29 is 9.53 Å². The molecule has 24 heavy (non-hydrogen) atoms. The Morgan fingerprint density at radius 2 is 1.96 bits per heavy atom. The molecule has 0 radical (unpaired) electrons. The zero-order valence-electron chi connectivity index (χ0n) is 13.3. The summed E-state index contributed by atoms with van der Waals surface area (Å²) in [5.74, 6) is 0.00804. The molecule has 122 valence electrons. The van der Waals surface area contributed by atoms with Crippen LogP contribution in [0.3, 0.4) is 0 Å². The van der Waals surface area contributed by atoms with Gasteiger partial charge in [-0.05, 0) is 30.5 Å². The lowest BCUT2D eigenvalue weighted by Gasteiger charge is -2.36. The summed E-state index contributed by atoms with van der Waals surface area (Å²) in [7, 11) is 0. The minimum Gasteiger partial charge on any atom is -0.381 e. The number of ether oxygens (including phenoxy) is 1. The van der Waals surface area contributed by atoms with E-state index in [4.69, 9.17) is 4.74 Å². The van der Waals surface area contributed by atoms with Crippen LogP contribution in [0.15, 0.2) is 54.9 Å². The fourth-order valence-corrected chi connectivity index (χ4v) is 3.38. The molecule has 1 fully saturated rings. The number of aromatic nitrogens is 2. The van der Waals surface area contributed by atoms with Crippen molar-refractivity contribution >= 4 is 22.6 Å². The summed E-state index contributed by atoms with van der Waals surface area (Å²) in [5, 5.41) is 4.04. The number of aromatic amines is 1. The van der Waals surface area contributed by atoms with Crippen molar-refractivity contribution in [1.29, 1.82) is 0 Å². The highest BCUT2D eigenvalue weighted by atomic mass is 16.5. The van der Waals surface area contributed by atoms with E-state index in [9.17, 15) is 4.79 Å². The number of rotatable bonds is 3. The van der Waals surface area contributed by atoms with Crippen LogP contribution >= 0.6 is 0 Å². The van der Waals surface area contributed by atoms with Crippen LogP contribution < -0.4 is 5.32 Å². The third-order valence-electron chi connectivity index (χ3n) is 4.77. The van der Waals surface area contributed by atoms with E-state index in [0.717, 1.165) is 16.6 Å². The maximum Gasteiger partial charge on any atom is 0.235 e. The van der Waals surface area contributed by atoms with Crippen LogP contribution in [0.1, 0.15) is 18.4 Å². The number of benzene rings is 1. The van der Waals surface area contributed by atoms with E-state index in [0.29, 0.717) is 31.7 Å². The van der Waals surface area contributed by atoms with Crippen molar-refractivity contribution in [3.8, 4) is 0 Å². The highest BCUT2D eigenvalue weighted by Crippen LogP contribution is 2.36. The fraction of sp³-hybridized carbons (Fsp3) is 0.263. The molecule has 0 bridgehead atoms. The van der Waals surface area contributed by atoms with Crippen LogP contribution in [-0.4, -0.2) is 29.1 Å². The standard InChI is InChI=1S/C19H19N3O2/c23-18(22-16-12-14-6-9-20-17(14)21-13-16)19(7-10-24-11-8-19)15-4-2-1-3-5-15/h1-6,9,12-13H,7-8,10-11H2,(H,20,21)(H,22,23). The normalized spacial score (nSPS) is 16.8. The van der Waals surface area contributed by atoms with Crippen molar-refractivity contribution in [2.75, 3.05) is 18.5 Å². The van der Waals surface area contributed by atoms with Gasteiger partial charge >= 0.3 is 0 Å². The quantitative estimate of drug-likeness (QED) is 0.778. The molecule has 3 aromatic rings. The topological polar surface area (TPSA) is 67.0 Å². The number of nitrogens with zero attached hydrogens (tertiary/aromatic N) is 1. The number of pyridine rings is 1. The van der Waals surface area contributed by atoms with Crippen LogP contribution in [0.25, 0.3) is 11.0 Å². The van der Waals surface area contributed by atoms with E-state index in [1.807, 2.05) is 48.7 Å². The Hall–Kier alpha value is -2.66. The largest absolute Gasteiger partial charge is 0.381 e. The van der Waals surface area contributed by atoms with E-state index in [1.54, 1.807) is 6.20 Å². The number of carbonyl (C=O) groups is 1. The number of fused-ring (bicyclic) bond motifs is 1. The molecule has 3 heterocycles. The van der Waals surface area contributed by atoms with Crippen molar-refractivity contribution in [1.82, 2.24) is 9.97 Å². The van der Waals surface area contributed by atoms with Gasteiger partial charge in [0, 0.05) is 24.8 Å². The first-order valence-electron chi connectivity index (χ1n) is 8.16. The van der Waals surface area contributed by atoms with Gasteiger partial charge in [-0.2, -0.15) is 0 Å². The van der Waals surface area contributed by atoms with Crippen LogP contribution in [0.5, 0.6) is 0 Å². The smallest absolute Gasteiger partial charge is 0.235 e. The number of hydrogen-bond acceptors (Lipinski definition) is 3. The Balaban J connectivity index is 1.66. The summed E-state index contributed by atoms with van der Waals surface area (Å²) in [6.07, 6.45) is 4.90. The number of carbonyl (C=O) groups excluding carboxylic acids is 1. The molecule has 5 heteroatoms. The Labute approximate surface area is 140 Å². The Morgan fingerprint density at radius 1 is 1.17 bits per heavy atom. The monoisotopic (exact) mass is 321 g/mol. The lowest BCUT2D eigenvalue weighted by atomic mass is 9.73. The van der Waals surface area contributed by atoms with Gasteiger partial charge in [-0.25, -0.2) is 4.98 Å². The molecule has 0 aliphatic carbocycles. The second-order valence-corrected chi connectivity index (χ2v) is 6.15. The first-order valence-corrected chi connectivity index (χ1v) is 8.16. The van der Waals surface area contributed by atoms with E-state index in [2.05, 4.69) is 15.3 Å². The molecule has 1 aliphatic heterocycles. The average molecular weight is 321 g/mol. The van der Waals surface area contributed by atoms with Crippen molar-refractivity contribution in [3.05, 3.63) is 60.4 Å². The number of anilines is 1. The molecule has 1 aromatic carbocycles. The van der Waals surface area contributed by atoms with Crippen LogP contribution in [0.2, 0.25) is 0 Å². The summed E-state index contributed by atoms with van der Waals surface area (Å²) in [6.45, 7) is 1.19. The van der Waals surface area contributed by atoms with Gasteiger partial charge in [0.1, 0.15) is 5.65 Å². The zero-order chi connectivity index (χ0) is 16.4. The SMILES string of the molecule is O=C(Nc1cnc2[nH]ccc2c1)C1(c2ccccc2)CCOCC1. The lowest BCUT2D eigenvalue weighted by Crippen LogP contribution is -2.44. The molecule has 0 saturated carbocycles.